The van der Waals surface area contributed by atoms with Gasteiger partial charge in [0.1, 0.15) is 0 Å². The van der Waals surface area contributed by atoms with Crippen LogP contribution in [0, 0.1) is 0 Å². The maximum absolute atomic E-state index is 12.2. The first-order valence-electron chi connectivity index (χ1n) is 7.80. The molecule has 0 radical (unpaired) electrons. The number of aromatic carboxylic acids is 1. The van der Waals surface area contributed by atoms with E-state index in [0.29, 0.717) is 29.5 Å². The van der Waals surface area contributed by atoms with E-state index in [1.54, 1.807) is 24.3 Å². The summed E-state index contributed by atoms with van der Waals surface area (Å²) in [5, 5.41) is 12.5. The molecule has 3 rings (SSSR count). The molecule has 0 heterocycles. The average Bonchev–Trinajstić information content (AvgIpc) is 2.96. The second-order valence-electron chi connectivity index (χ2n) is 5.62. The Hall–Kier alpha value is 1.02. The van der Waals surface area contributed by atoms with Crippen LogP contribution in [-0.4, -0.2) is 22.6 Å². The first-order valence-corrected chi connectivity index (χ1v) is 33.7. The molecular weight excluding hydrogens is 1000 g/mol. The summed E-state index contributed by atoms with van der Waals surface area (Å²) in [7, 11) is -0.245. The summed E-state index contributed by atoms with van der Waals surface area (Å²) in [6, 6.07) is 10.9. The summed E-state index contributed by atoms with van der Waals surface area (Å²) >= 11 is 20.2. The Morgan fingerprint density at radius 2 is 1.77 bits per heavy atom. The van der Waals surface area contributed by atoms with Gasteiger partial charge in [0.2, 0.25) is 0 Å². The number of halogens is 7. The van der Waals surface area contributed by atoms with Crippen LogP contribution in [0.4, 0.5) is 5.69 Å². The van der Waals surface area contributed by atoms with Gasteiger partial charge in [-0.25, -0.2) is 4.79 Å². The number of carbonyl (C=O) groups excluding carboxylic acids is 2. The average molecular weight is 1010 g/mol. The van der Waals surface area contributed by atoms with Crippen LogP contribution >= 0.6 is 86.9 Å². The Bertz CT molecular complexity index is 1030. The normalized spacial score (nSPS) is 13.8. The van der Waals surface area contributed by atoms with E-state index in [1.165, 1.54) is 18.2 Å². The van der Waals surface area contributed by atoms with Gasteiger partial charge in [-0.15, -0.1) is 0 Å². The zero-order chi connectivity index (χ0) is 22.4. The van der Waals surface area contributed by atoms with Crippen molar-refractivity contribution < 1.29 is 32.7 Å². The molecule has 0 aromatic heterocycles. The van der Waals surface area contributed by atoms with E-state index in [4.69, 9.17) is 28.3 Å². The van der Waals surface area contributed by atoms with Crippen molar-refractivity contribution in [2.24, 2.45) is 0 Å². The molecule has 1 aliphatic rings. The molecule has 2 aromatic carbocycles. The van der Waals surface area contributed by atoms with E-state index >= 15 is 0 Å². The Kier molecular flexibility index (Phi) is 11.9. The zero-order valence-electron chi connectivity index (χ0n) is 14.6. The topological polar surface area (TPSA) is 83.5 Å². The number of hydrogen-bond donors (Lipinski definition) is 2. The molecule has 0 bridgehead atoms. The number of benzene rings is 2. The first-order chi connectivity index (χ1) is 14.1. The minimum Gasteiger partial charge on any atom is -0.478 e. The molecule has 2 aromatic rings. The van der Waals surface area contributed by atoms with E-state index in [0.717, 1.165) is 0 Å². The molecular formula is C18H11Cl2I5NO4-. The van der Waals surface area contributed by atoms with Gasteiger partial charge in [0.15, 0.2) is 11.6 Å². The quantitative estimate of drug-likeness (QED) is 0.339. The van der Waals surface area contributed by atoms with Gasteiger partial charge in [-0.3, -0.25) is 9.59 Å². The fraction of sp³-hybridized carbons (Fsp3) is 0.0556. The van der Waals surface area contributed by atoms with Crippen LogP contribution in [0.1, 0.15) is 22.3 Å². The Balaban J connectivity index is 0.000000575. The fourth-order valence-corrected chi connectivity index (χ4v) is 2.98. The number of carbonyl (C=O) groups is 3. The van der Waals surface area contributed by atoms with Crippen molar-refractivity contribution in [2.75, 3.05) is 5.32 Å². The third-order valence-electron chi connectivity index (χ3n) is 3.75. The van der Waals surface area contributed by atoms with Gasteiger partial charge in [-0.1, -0.05) is 35.3 Å². The Morgan fingerprint density at radius 1 is 1.10 bits per heavy atom. The SMILES string of the molecule is I[I-]I(I)I.O=C1CC(=O)C(c2cccc(Cl)c2)=C1Nc1ccc(Cl)c(C(=O)O)c1. The number of carboxylic acids is 1. The number of nitrogens with one attached hydrogen (secondary N) is 1. The van der Waals surface area contributed by atoms with Crippen molar-refractivity contribution in [3.05, 3.63) is 69.3 Å². The third kappa shape index (κ3) is 7.81. The molecule has 2 N–H and O–H groups in total. The molecule has 12 heteroatoms. The van der Waals surface area contributed by atoms with Crippen molar-refractivity contribution in [2.45, 2.75) is 6.42 Å². The van der Waals surface area contributed by atoms with E-state index < -0.39 is 5.97 Å². The maximum atomic E-state index is 12.2. The monoisotopic (exact) mass is 1010 g/mol. The molecule has 0 unspecified atom stereocenters. The molecule has 30 heavy (non-hydrogen) atoms. The van der Waals surface area contributed by atoms with E-state index in [-0.39, 0.29) is 47.7 Å². The van der Waals surface area contributed by atoms with Gasteiger partial charge in [-0.2, -0.15) is 0 Å². The van der Waals surface area contributed by atoms with Crippen LogP contribution in [0.15, 0.2) is 48.2 Å². The molecule has 1 aliphatic carbocycles. The minimum atomic E-state index is -1.19. The van der Waals surface area contributed by atoms with Gasteiger partial charge in [0.25, 0.3) is 0 Å². The summed E-state index contributed by atoms with van der Waals surface area (Å²) in [5.74, 6) is -1.87. The summed E-state index contributed by atoms with van der Waals surface area (Å²) in [6.45, 7) is 0. The Morgan fingerprint density at radius 3 is 2.33 bits per heavy atom. The van der Waals surface area contributed by atoms with Gasteiger partial charge in [0, 0.05) is 10.7 Å². The standard InChI is InChI=1S/C18H11Cl2NO4.I5/c19-10-3-1-2-9(6-10)16-14(22)8-15(23)17(16)21-11-4-5-13(20)12(7-11)18(24)25;1-4-5(2)3/h1-7,21H,8H2,(H,24,25);/q;-1. The van der Waals surface area contributed by atoms with Gasteiger partial charge < -0.3 is 10.4 Å². The molecule has 0 aliphatic heterocycles. The number of carboxylic acid groups (broad SMARTS) is 1. The number of allylic oxidation sites excluding steroid dienone is 2. The van der Waals surface area contributed by atoms with E-state index in [9.17, 15) is 14.4 Å². The molecule has 0 saturated heterocycles. The van der Waals surface area contributed by atoms with Crippen LogP contribution in [-0.2, 0) is 9.59 Å². The van der Waals surface area contributed by atoms with Crippen LogP contribution in [0.25, 0.3) is 5.57 Å². The first kappa shape index (κ1) is 27.3. The molecule has 0 amide bonds. The molecule has 0 spiro atoms. The molecule has 162 valence electrons. The second-order valence-corrected chi connectivity index (χ2v) is 71.4. The summed E-state index contributed by atoms with van der Waals surface area (Å²) in [5.41, 5.74) is 1.12. The van der Waals surface area contributed by atoms with Crippen molar-refractivity contribution in [1.29, 1.82) is 0 Å². The van der Waals surface area contributed by atoms with Crippen molar-refractivity contribution >= 4 is 116 Å². The predicted molar refractivity (Wildman–Crippen MR) is 151 cm³/mol. The van der Waals surface area contributed by atoms with Gasteiger partial charge >= 0.3 is 83.0 Å². The molecule has 0 saturated carbocycles. The maximum Gasteiger partial charge on any atom is 0.337 e. The number of ketones is 2. The second kappa shape index (κ2) is 13.0. The third-order valence-corrected chi connectivity index (χ3v) is 86.9. The number of Topliss-reactive ketones (excluding diaryl/α,β-unsaturated/α-hetero) is 2. The Labute approximate surface area is 225 Å². The summed E-state index contributed by atoms with van der Waals surface area (Å²) < 4.78 is 0. The smallest absolute Gasteiger partial charge is 0.337 e. The fourth-order valence-electron chi connectivity index (χ4n) is 2.59. The van der Waals surface area contributed by atoms with Crippen LogP contribution < -0.4 is 18.6 Å². The number of anilines is 1. The number of hydrogen-bond acceptors (Lipinski definition) is 4. The van der Waals surface area contributed by atoms with Gasteiger partial charge in [-0.05, 0) is 35.9 Å². The van der Waals surface area contributed by atoms with E-state index in [1.807, 2.05) is 0 Å². The summed E-state index contributed by atoms with van der Waals surface area (Å²) in [6.07, 6.45) is -0.246. The van der Waals surface area contributed by atoms with Gasteiger partial charge in [0.05, 0.1) is 28.3 Å². The van der Waals surface area contributed by atoms with E-state index in [2.05, 4.69) is 61.2 Å². The van der Waals surface area contributed by atoms with Crippen LogP contribution in [0.2, 0.25) is 10.0 Å². The summed E-state index contributed by atoms with van der Waals surface area (Å²) in [4.78, 5) is 35.7. The molecule has 0 fully saturated rings. The largest absolute Gasteiger partial charge is 0.478 e. The van der Waals surface area contributed by atoms with Crippen LogP contribution in [0.5, 0.6) is 0 Å². The molecule has 5 nitrogen and oxygen atoms in total. The zero-order valence-corrected chi connectivity index (χ0v) is 26.9. The van der Waals surface area contributed by atoms with Crippen LogP contribution in [0.3, 0.4) is 0 Å². The van der Waals surface area contributed by atoms with Crippen molar-refractivity contribution in [3.63, 3.8) is 0 Å². The number of rotatable bonds is 5. The molecule has 0 atom stereocenters. The van der Waals surface area contributed by atoms with Crippen molar-refractivity contribution in [1.82, 2.24) is 0 Å². The minimum absolute atomic E-state index is 0.0796. The predicted octanol–water partition coefficient (Wildman–Crippen LogP) is 4.60. The van der Waals surface area contributed by atoms with Crippen molar-refractivity contribution in [3.8, 4) is 0 Å².